The number of nitrogens with zero attached hydrogens (tertiary/aromatic N) is 3. The van der Waals surface area contributed by atoms with Gasteiger partial charge in [-0.25, -0.2) is 0 Å². The zero-order valence-electron chi connectivity index (χ0n) is 11.9. The molecule has 0 saturated carbocycles. The van der Waals surface area contributed by atoms with Crippen molar-refractivity contribution in [3.8, 4) is 0 Å². The quantitative estimate of drug-likeness (QED) is 0.723. The van der Waals surface area contributed by atoms with Gasteiger partial charge in [0.1, 0.15) is 5.82 Å². The van der Waals surface area contributed by atoms with E-state index >= 15 is 0 Å². The average Bonchev–Trinajstić information content (AvgIpc) is 2.38. The van der Waals surface area contributed by atoms with Gasteiger partial charge in [-0.3, -0.25) is 4.90 Å². The largest absolute Gasteiger partial charge is 0.401 e. The topological polar surface area (TPSA) is 9.72 Å². The van der Waals surface area contributed by atoms with E-state index in [1.165, 1.54) is 4.90 Å². The summed E-state index contributed by atoms with van der Waals surface area (Å²) in [6, 6.07) is 0. The summed E-state index contributed by atoms with van der Waals surface area (Å²) in [5, 5.41) is 0.527. The minimum Gasteiger partial charge on any atom is -0.360 e. The fraction of sp³-hybridized carbons (Fsp3) is 0.692. The summed E-state index contributed by atoms with van der Waals surface area (Å²) in [6.07, 6.45) is -2.58. The third kappa shape index (κ3) is 4.90. The van der Waals surface area contributed by atoms with Crippen LogP contribution in [0.25, 0.3) is 0 Å². The first-order valence-corrected chi connectivity index (χ1v) is 6.93. The van der Waals surface area contributed by atoms with Crippen molar-refractivity contribution in [2.24, 2.45) is 0 Å². The van der Waals surface area contributed by atoms with Crippen molar-refractivity contribution in [1.29, 1.82) is 0 Å². The van der Waals surface area contributed by atoms with Gasteiger partial charge in [0.25, 0.3) is 0 Å². The van der Waals surface area contributed by atoms with E-state index in [4.69, 9.17) is 11.6 Å². The molecular formula is C13H21ClF3N3. The maximum Gasteiger partial charge on any atom is 0.401 e. The van der Waals surface area contributed by atoms with Crippen LogP contribution in [-0.4, -0.2) is 67.2 Å². The number of hydrogen-bond acceptors (Lipinski definition) is 3. The Balaban J connectivity index is 2.69. The van der Waals surface area contributed by atoms with E-state index in [1.807, 2.05) is 23.8 Å². The molecule has 0 unspecified atom stereocenters. The molecular weight excluding hydrogens is 291 g/mol. The number of halogens is 4. The van der Waals surface area contributed by atoms with Gasteiger partial charge in [0.15, 0.2) is 0 Å². The number of piperazine rings is 1. The maximum absolute atomic E-state index is 12.4. The Morgan fingerprint density at radius 3 is 2.25 bits per heavy atom. The highest BCUT2D eigenvalue weighted by atomic mass is 35.5. The predicted octanol–water partition coefficient (Wildman–Crippen LogP) is 2.71. The summed E-state index contributed by atoms with van der Waals surface area (Å²) in [6.45, 7) is 7.37. The lowest BCUT2D eigenvalue weighted by molar-refractivity contribution is -0.149. The van der Waals surface area contributed by atoms with Gasteiger partial charge in [-0.15, -0.1) is 0 Å². The average molecular weight is 312 g/mol. The number of hydrogen-bond donors (Lipinski definition) is 0. The Hall–Kier alpha value is -0.880. The summed E-state index contributed by atoms with van der Waals surface area (Å²) in [4.78, 5) is 5.41. The third-order valence-corrected chi connectivity index (χ3v) is 3.63. The van der Waals surface area contributed by atoms with Crippen LogP contribution in [0.5, 0.6) is 0 Å². The van der Waals surface area contributed by atoms with Crippen LogP contribution < -0.4 is 0 Å². The standard InChI is InChI=1S/C13H21ClF3N3/c1-4-11(14)12(18(3)5-2)20-8-6-19(7-9-20)10-13(15,16)17/h4H,1,5-10H2,2-3H3/b12-11-. The van der Waals surface area contributed by atoms with Gasteiger partial charge in [-0.2, -0.15) is 13.2 Å². The molecule has 3 nitrogen and oxygen atoms in total. The lowest BCUT2D eigenvalue weighted by atomic mass is 10.3. The summed E-state index contributed by atoms with van der Waals surface area (Å²) >= 11 is 6.17. The van der Waals surface area contributed by atoms with Crippen molar-refractivity contribution in [2.75, 3.05) is 46.3 Å². The summed E-state index contributed by atoms with van der Waals surface area (Å²) in [7, 11) is 1.91. The lowest BCUT2D eigenvalue weighted by Gasteiger charge is -2.40. The van der Waals surface area contributed by atoms with Gasteiger partial charge < -0.3 is 9.80 Å². The number of allylic oxidation sites excluding steroid dienone is 2. The van der Waals surface area contributed by atoms with E-state index in [-0.39, 0.29) is 0 Å². The van der Waals surface area contributed by atoms with Crippen LogP contribution in [0.4, 0.5) is 13.2 Å². The molecule has 0 aliphatic carbocycles. The molecule has 0 N–H and O–H groups in total. The van der Waals surface area contributed by atoms with Gasteiger partial charge in [0.05, 0.1) is 11.6 Å². The van der Waals surface area contributed by atoms with E-state index in [0.717, 1.165) is 12.4 Å². The molecule has 0 aromatic carbocycles. The van der Waals surface area contributed by atoms with E-state index in [1.54, 1.807) is 6.08 Å². The first-order chi connectivity index (χ1) is 9.28. The van der Waals surface area contributed by atoms with Crippen molar-refractivity contribution >= 4 is 11.6 Å². The first kappa shape index (κ1) is 17.2. The lowest BCUT2D eigenvalue weighted by Crippen LogP contribution is -2.50. The Bertz CT molecular complexity index is 360. The van der Waals surface area contributed by atoms with Crippen LogP contribution in [0, 0.1) is 0 Å². The molecule has 1 aliphatic rings. The SMILES string of the molecule is C=C/C(Cl)=C(\N(C)CC)N1CCN(CC(F)(F)F)CC1. The second-order valence-corrected chi connectivity index (χ2v) is 5.18. The molecule has 0 aromatic rings. The Morgan fingerprint density at radius 1 is 1.30 bits per heavy atom. The molecule has 116 valence electrons. The van der Waals surface area contributed by atoms with Gasteiger partial charge >= 0.3 is 6.18 Å². The molecule has 1 saturated heterocycles. The van der Waals surface area contributed by atoms with Gasteiger partial charge in [0.2, 0.25) is 0 Å². The van der Waals surface area contributed by atoms with E-state index < -0.39 is 12.7 Å². The fourth-order valence-electron chi connectivity index (χ4n) is 2.19. The normalized spacial score (nSPS) is 18.8. The molecule has 1 fully saturated rings. The highest BCUT2D eigenvalue weighted by molar-refractivity contribution is 6.31. The fourth-order valence-corrected chi connectivity index (χ4v) is 2.45. The predicted molar refractivity (Wildman–Crippen MR) is 75.4 cm³/mol. The van der Waals surface area contributed by atoms with Crippen molar-refractivity contribution < 1.29 is 13.2 Å². The van der Waals surface area contributed by atoms with Crippen LogP contribution in [0.1, 0.15) is 6.92 Å². The molecule has 1 rings (SSSR count). The minimum absolute atomic E-state index is 0.377. The van der Waals surface area contributed by atoms with Crippen LogP contribution >= 0.6 is 11.6 Å². The Morgan fingerprint density at radius 2 is 1.85 bits per heavy atom. The molecule has 20 heavy (non-hydrogen) atoms. The minimum atomic E-state index is -4.14. The third-order valence-electron chi connectivity index (χ3n) is 3.30. The van der Waals surface area contributed by atoms with Gasteiger partial charge in [-0.05, 0) is 13.0 Å². The highest BCUT2D eigenvalue weighted by Crippen LogP contribution is 2.22. The molecule has 0 radical (unpaired) electrons. The van der Waals surface area contributed by atoms with Crippen LogP contribution in [0.3, 0.4) is 0 Å². The molecule has 0 aromatic heterocycles. The Labute approximate surface area is 123 Å². The molecule has 7 heteroatoms. The number of alkyl halides is 3. The van der Waals surface area contributed by atoms with Crippen LogP contribution in [-0.2, 0) is 0 Å². The van der Waals surface area contributed by atoms with Crippen molar-refractivity contribution in [3.05, 3.63) is 23.5 Å². The van der Waals surface area contributed by atoms with E-state index in [0.29, 0.717) is 31.2 Å². The zero-order chi connectivity index (χ0) is 15.3. The summed E-state index contributed by atoms with van der Waals surface area (Å²) < 4.78 is 37.1. The molecule has 0 amide bonds. The second kappa shape index (κ2) is 7.22. The second-order valence-electron chi connectivity index (χ2n) is 4.77. The monoisotopic (exact) mass is 311 g/mol. The number of rotatable bonds is 5. The van der Waals surface area contributed by atoms with Crippen molar-refractivity contribution in [2.45, 2.75) is 13.1 Å². The summed E-state index contributed by atoms with van der Waals surface area (Å²) in [5.41, 5.74) is 0. The van der Waals surface area contributed by atoms with E-state index in [2.05, 4.69) is 6.58 Å². The van der Waals surface area contributed by atoms with Gasteiger partial charge in [-0.1, -0.05) is 18.2 Å². The highest BCUT2D eigenvalue weighted by Gasteiger charge is 2.32. The molecule has 0 spiro atoms. The molecule has 1 heterocycles. The zero-order valence-corrected chi connectivity index (χ0v) is 12.6. The van der Waals surface area contributed by atoms with Crippen molar-refractivity contribution in [1.82, 2.24) is 14.7 Å². The molecule has 1 aliphatic heterocycles. The molecule has 0 bridgehead atoms. The van der Waals surface area contributed by atoms with Gasteiger partial charge in [0, 0.05) is 39.8 Å². The molecule has 0 atom stereocenters. The Kier molecular flexibility index (Phi) is 6.20. The van der Waals surface area contributed by atoms with Crippen LogP contribution in [0.15, 0.2) is 23.5 Å². The van der Waals surface area contributed by atoms with E-state index in [9.17, 15) is 13.2 Å². The summed E-state index contributed by atoms with van der Waals surface area (Å²) in [5.74, 6) is 0.829. The smallest absolute Gasteiger partial charge is 0.360 e. The van der Waals surface area contributed by atoms with Crippen LogP contribution in [0.2, 0.25) is 0 Å². The van der Waals surface area contributed by atoms with Crippen molar-refractivity contribution in [3.63, 3.8) is 0 Å². The first-order valence-electron chi connectivity index (χ1n) is 6.56. The maximum atomic E-state index is 12.4.